The van der Waals surface area contributed by atoms with Gasteiger partial charge in [-0.25, -0.2) is 8.78 Å². The van der Waals surface area contributed by atoms with Crippen molar-refractivity contribution in [2.24, 2.45) is 5.92 Å². The van der Waals surface area contributed by atoms with Gasteiger partial charge < -0.3 is 9.47 Å². The van der Waals surface area contributed by atoms with Crippen LogP contribution in [-0.4, -0.2) is 23.7 Å². The smallest absolute Gasteiger partial charge is 0.188 e. The van der Waals surface area contributed by atoms with E-state index in [1.54, 1.807) is 0 Å². The van der Waals surface area contributed by atoms with Crippen LogP contribution in [0.5, 0.6) is 0 Å². The van der Waals surface area contributed by atoms with Gasteiger partial charge in [0.15, 0.2) is 6.79 Å². The normalized spacial score (nSPS) is 51.5. The van der Waals surface area contributed by atoms with Crippen LogP contribution in [0.2, 0.25) is 0 Å². The fourth-order valence-corrected chi connectivity index (χ4v) is 4.49. The highest BCUT2D eigenvalue weighted by atomic mass is 19.2. The Kier molecular flexibility index (Phi) is 2.31. The number of rotatable bonds is 4. The Bertz CT molecular complexity index is 326. The highest BCUT2D eigenvalue weighted by Gasteiger charge is 2.65. The van der Waals surface area contributed by atoms with E-state index in [0.717, 1.165) is 6.42 Å². The van der Waals surface area contributed by atoms with Gasteiger partial charge in [0.05, 0.1) is 11.9 Å². The van der Waals surface area contributed by atoms with Gasteiger partial charge in [0.2, 0.25) is 0 Å². The maximum Gasteiger partial charge on any atom is 0.188 e. The summed E-state index contributed by atoms with van der Waals surface area (Å²) >= 11 is 0. The molecule has 0 amide bonds. The van der Waals surface area contributed by atoms with Crippen LogP contribution in [0.4, 0.5) is 8.78 Å². The number of ether oxygens (including phenoxy) is 2. The Balaban J connectivity index is 1.79. The second-order valence-electron chi connectivity index (χ2n) is 6.09. The second kappa shape index (κ2) is 3.44. The van der Waals surface area contributed by atoms with Gasteiger partial charge in [0, 0.05) is 19.3 Å². The van der Waals surface area contributed by atoms with Gasteiger partial charge in [-0.05, 0) is 25.2 Å². The summed E-state index contributed by atoms with van der Waals surface area (Å²) in [5.74, 6) is 0.130. The monoisotopic (exact) mass is 244 g/mol. The summed E-state index contributed by atoms with van der Waals surface area (Å²) < 4.78 is 39.6. The maximum atomic E-state index is 14.5. The van der Waals surface area contributed by atoms with Crippen molar-refractivity contribution >= 4 is 0 Å². The highest BCUT2D eigenvalue weighted by molar-refractivity contribution is 5.16. The van der Waals surface area contributed by atoms with Crippen molar-refractivity contribution in [3.8, 4) is 0 Å². The molecule has 0 aliphatic heterocycles. The van der Waals surface area contributed by atoms with Gasteiger partial charge in [-0.15, -0.1) is 0 Å². The lowest BCUT2D eigenvalue weighted by atomic mass is 9.51. The summed E-state index contributed by atoms with van der Waals surface area (Å²) in [4.78, 5) is 0. The molecule has 4 aliphatic carbocycles. The van der Waals surface area contributed by atoms with E-state index in [1.807, 2.05) is 0 Å². The Labute approximate surface area is 100.0 Å². The molecule has 2 nitrogen and oxygen atoms in total. The molecule has 4 bridgehead atoms. The molecule has 4 rings (SSSR count). The van der Waals surface area contributed by atoms with Crippen LogP contribution < -0.4 is 0 Å². The van der Waals surface area contributed by atoms with Crippen molar-refractivity contribution < 1.29 is 18.3 Å². The van der Waals surface area contributed by atoms with Crippen molar-refractivity contribution in [2.75, 3.05) is 6.79 Å². The van der Waals surface area contributed by atoms with E-state index in [4.69, 9.17) is 9.47 Å². The van der Waals surface area contributed by atoms with Gasteiger partial charge in [-0.1, -0.05) is 6.58 Å². The van der Waals surface area contributed by atoms with E-state index in [0.29, 0.717) is 25.7 Å². The van der Waals surface area contributed by atoms with E-state index in [1.165, 1.54) is 6.26 Å². The molecule has 0 saturated heterocycles. The molecule has 4 heteroatoms. The van der Waals surface area contributed by atoms with Crippen molar-refractivity contribution in [1.82, 2.24) is 0 Å². The topological polar surface area (TPSA) is 18.5 Å². The van der Waals surface area contributed by atoms with Gasteiger partial charge in [-0.3, -0.25) is 0 Å². The van der Waals surface area contributed by atoms with Gasteiger partial charge in [0.1, 0.15) is 11.3 Å². The Morgan fingerprint density at radius 2 is 1.76 bits per heavy atom. The van der Waals surface area contributed by atoms with E-state index in [2.05, 4.69) is 6.58 Å². The molecule has 0 aromatic heterocycles. The summed E-state index contributed by atoms with van der Waals surface area (Å²) in [5.41, 5.74) is -3.36. The van der Waals surface area contributed by atoms with Crippen LogP contribution in [0.25, 0.3) is 0 Å². The average molecular weight is 244 g/mol. The summed E-state index contributed by atoms with van der Waals surface area (Å²) in [7, 11) is 0. The molecule has 0 aromatic carbocycles. The Hall–Kier alpha value is -0.640. The second-order valence-corrected chi connectivity index (χ2v) is 6.09. The summed E-state index contributed by atoms with van der Waals surface area (Å²) in [5, 5.41) is 0. The number of hydrogen-bond donors (Lipinski definition) is 0. The number of alkyl halides is 2. The van der Waals surface area contributed by atoms with Gasteiger partial charge >= 0.3 is 0 Å². The molecule has 4 saturated carbocycles. The molecule has 96 valence electrons. The molecule has 2 atom stereocenters. The first-order valence-corrected chi connectivity index (χ1v) is 6.21. The molecular weight excluding hydrogens is 226 g/mol. The predicted octanol–water partition coefficient (Wildman–Crippen LogP) is 3.27. The molecule has 0 N–H and O–H groups in total. The van der Waals surface area contributed by atoms with Crippen molar-refractivity contribution in [1.29, 1.82) is 0 Å². The number of hydrogen-bond acceptors (Lipinski definition) is 2. The molecular formula is C13H18F2O2. The molecule has 4 aliphatic rings. The third-order valence-corrected chi connectivity index (χ3v) is 4.43. The first-order chi connectivity index (χ1) is 7.97. The van der Waals surface area contributed by atoms with Crippen molar-refractivity contribution in [2.45, 2.75) is 55.5 Å². The van der Waals surface area contributed by atoms with Crippen LogP contribution in [-0.2, 0) is 9.47 Å². The summed E-state index contributed by atoms with van der Waals surface area (Å²) in [6, 6.07) is 0. The first kappa shape index (κ1) is 11.5. The van der Waals surface area contributed by atoms with Crippen LogP contribution in [0.1, 0.15) is 38.5 Å². The zero-order valence-corrected chi connectivity index (χ0v) is 9.88. The van der Waals surface area contributed by atoms with E-state index >= 15 is 0 Å². The first-order valence-electron chi connectivity index (χ1n) is 6.21. The van der Waals surface area contributed by atoms with Crippen molar-refractivity contribution in [3.05, 3.63) is 12.8 Å². The van der Waals surface area contributed by atoms with Gasteiger partial charge in [0.25, 0.3) is 0 Å². The standard InChI is InChI=1S/C13H18F2O2/c1-2-16-9-17-13-5-10-3-11(14,7-13)6-12(15,4-10)8-13/h2,10H,1,3-9H2. The van der Waals surface area contributed by atoms with Crippen LogP contribution >= 0.6 is 0 Å². The molecule has 17 heavy (non-hydrogen) atoms. The lowest BCUT2D eigenvalue weighted by Gasteiger charge is -2.60. The molecule has 0 aromatic rings. The minimum Gasteiger partial charge on any atom is -0.476 e. The van der Waals surface area contributed by atoms with Crippen LogP contribution in [0.15, 0.2) is 12.8 Å². The number of halogens is 2. The summed E-state index contributed by atoms with van der Waals surface area (Å²) in [6.45, 7) is 3.47. The van der Waals surface area contributed by atoms with E-state index in [9.17, 15) is 8.78 Å². The van der Waals surface area contributed by atoms with Crippen LogP contribution in [0, 0.1) is 5.92 Å². The minimum atomic E-state index is -1.36. The van der Waals surface area contributed by atoms with E-state index < -0.39 is 16.9 Å². The third kappa shape index (κ3) is 1.86. The Morgan fingerprint density at radius 1 is 1.12 bits per heavy atom. The minimum absolute atomic E-state index is 0.0440. The zero-order valence-electron chi connectivity index (χ0n) is 9.88. The summed E-state index contributed by atoms with van der Waals surface area (Å²) in [6.07, 6.45) is 3.77. The van der Waals surface area contributed by atoms with Crippen LogP contribution in [0.3, 0.4) is 0 Å². The Morgan fingerprint density at radius 3 is 2.29 bits per heavy atom. The highest BCUT2D eigenvalue weighted by Crippen LogP contribution is 2.63. The molecule has 4 fully saturated rings. The molecule has 0 spiro atoms. The third-order valence-electron chi connectivity index (χ3n) is 4.43. The zero-order chi connectivity index (χ0) is 12.1. The lowest BCUT2D eigenvalue weighted by molar-refractivity contribution is -0.248. The van der Waals surface area contributed by atoms with Gasteiger partial charge in [-0.2, -0.15) is 0 Å². The lowest BCUT2D eigenvalue weighted by Crippen LogP contribution is -2.63. The molecule has 2 unspecified atom stereocenters. The average Bonchev–Trinajstić information content (AvgIpc) is 2.11. The van der Waals surface area contributed by atoms with Crippen molar-refractivity contribution in [3.63, 3.8) is 0 Å². The maximum absolute atomic E-state index is 14.5. The fourth-order valence-electron chi connectivity index (χ4n) is 4.49. The molecule has 0 radical (unpaired) electrons. The van der Waals surface area contributed by atoms with E-state index in [-0.39, 0.29) is 19.1 Å². The predicted molar refractivity (Wildman–Crippen MR) is 58.8 cm³/mol. The largest absolute Gasteiger partial charge is 0.476 e. The fraction of sp³-hybridized carbons (Fsp3) is 0.846. The SMILES string of the molecule is C=COCOC12CC3CC(F)(CC(F)(C3)C1)C2. The quantitative estimate of drug-likeness (QED) is 0.429. The molecule has 0 heterocycles.